The van der Waals surface area contributed by atoms with Gasteiger partial charge < -0.3 is 5.11 Å². The number of aliphatic hydroxyl groups is 1. The van der Waals surface area contributed by atoms with Crippen molar-refractivity contribution >= 4 is 5.94 Å². The van der Waals surface area contributed by atoms with Crippen LogP contribution >= 0.6 is 0 Å². The van der Waals surface area contributed by atoms with Gasteiger partial charge >= 0.3 is 0 Å². The molecule has 0 aliphatic rings. The second-order valence-electron chi connectivity index (χ2n) is 3.34. The van der Waals surface area contributed by atoms with E-state index in [1.54, 1.807) is 18.9 Å². The van der Waals surface area contributed by atoms with E-state index in [2.05, 4.69) is 13.2 Å². The summed E-state index contributed by atoms with van der Waals surface area (Å²) in [5.41, 5.74) is -0.0886. The molecule has 0 aliphatic heterocycles. The Bertz CT molecular complexity index is 232. The van der Waals surface area contributed by atoms with Crippen molar-refractivity contribution in [3.63, 3.8) is 0 Å². The third-order valence-electron chi connectivity index (χ3n) is 1.84. The van der Waals surface area contributed by atoms with Crippen LogP contribution in [0.2, 0.25) is 0 Å². The lowest BCUT2D eigenvalue weighted by Crippen LogP contribution is -2.20. The van der Waals surface area contributed by atoms with Crippen LogP contribution in [0.3, 0.4) is 0 Å². The first-order chi connectivity index (χ1) is 6.02. The molecule has 0 fully saturated rings. The molecule has 72 valence electrons. The van der Waals surface area contributed by atoms with Crippen molar-refractivity contribution in [3.05, 3.63) is 30.9 Å². The van der Waals surface area contributed by atoms with E-state index in [0.29, 0.717) is 6.42 Å². The maximum atomic E-state index is 10.00. The first-order valence-electron chi connectivity index (χ1n) is 4.26. The van der Waals surface area contributed by atoms with E-state index in [-0.39, 0.29) is 0 Å². The van der Waals surface area contributed by atoms with Gasteiger partial charge in [0.1, 0.15) is 5.94 Å². The molecule has 0 aromatic carbocycles. The molecule has 2 nitrogen and oxygen atoms in total. The lowest BCUT2D eigenvalue weighted by molar-refractivity contribution is 0.101. The summed E-state index contributed by atoms with van der Waals surface area (Å²) in [6.45, 7) is 8.92. The van der Waals surface area contributed by atoms with Gasteiger partial charge in [-0.25, -0.2) is 4.79 Å². The minimum atomic E-state index is -1.04. The summed E-state index contributed by atoms with van der Waals surface area (Å²) in [4.78, 5) is 10.00. The third kappa shape index (κ3) is 6.09. The zero-order valence-corrected chi connectivity index (χ0v) is 8.05. The molecule has 1 atom stereocenters. The van der Waals surface area contributed by atoms with Crippen LogP contribution in [-0.4, -0.2) is 16.6 Å². The quantitative estimate of drug-likeness (QED) is 0.501. The number of hydrogen-bond acceptors (Lipinski definition) is 2. The van der Waals surface area contributed by atoms with Gasteiger partial charge in [-0.2, -0.15) is 0 Å². The Morgan fingerprint density at radius 2 is 2.31 bits per heavy atom. The smallest absolute Gasteiger partial charge is 0.123 e. The molecular weight excluding hydrogens is 164 g/mol. The van der Waals surface area contributed by atoms with Crippen molar-refractivity contribution in [3.8, 4) is 0 Å². The summed E-state index contributed by atoms with van der Waals surface area (Å²) in [5.74, 6) is 1.59. The Morgan fingerprint density at radius 3 is 2.77 bits per heavy atom. The Morgan fingerprint density at radius 1 is 1.69 bits per heavy atom. The summed E-state index contributed by atoms with van der Waals surface area (Å²) < 4.78 is 0. The maximum Gasteiger partial charge on any atom is 0.123 e. The van der Waals surface area contributed by atoms with Crippen LogP contribution in [0.5, 0.6) is 0 Å². The van der Waals surface area contributed by atoms with Crippen molar-refractivity contribution in [1.82, 2.24) is 0 Å². The molecule has 0 saturated heterocycles. The standard InChI is InChI=1S/C11H16O2/c1-4-10(2)6-5-7-11(3,13)8-9-12/h4,8,13H,1-2,5-7H2,3H3. The lowest BCUT2D eigenvalue weighted by atomic mass is 9.97. The second kappa shape index (κ2) is 5.52. The monoisotopic (exact) mass is 180 g/mol. The highest BCUT2D eigenvalue weighted by molar-refractivity contribution is 5.47. The lowest BCUT2D eigenvalue weighted by Gasteiger charge is -2.16. The second-order valence-corrected chi connectivity index (χ2v) is 3.34. The van der Waals surface area contributed by atoms with Crippen molar-refractivity contribution in [2.75, 3.05) is 0 Å². The van der Waals surface area contributed by atoms with Gasteiger partial charge in [0.15, 0.2) is 0 Å². The fraction of sp³-hybridized carbons (Fsp3) is 0.455. The summed E-state index contributed by atoms with van der Waals surface area (Å²) in [6.07, 6.45) is 4.96. The van der Waals surface area contributed by atoms with Gasteiger partial charge in [-0.3, -0.25) is 0 Å². The zero-order valence-electron chi connectivity index (χ0n) is 8.05. The van der Waals surface area contributed by atoms with Gasteiger partial charge in [0, 0.05) is 6.08 Å². The van der Waals surface area contributed by atoms with E-state index in [4.69, 9.17) is 0 Å². The minimum absolute atomic E-state index is 0.537. The third-order valence-corrected chi connectivity index (χ3v) is 1.84. The van der Waals surface area contributed by atoms with Crippen LogP contribution in [0.4, 0.5) is 0 Å². The van der Waals surface area contributed by atoms with E-state index in [0.717, 1.165) is 24.5 Å². The van der Waals surface area contributed by atoms with Gasteiger partial charge in [-0.05, 0) is 26.2 Å². The van der Waals surface area contributed by atoms with Crippen molar-refractivity contribution < 1.29 is 9.90 Å². The van der Waals surface area contributed by atoms with E-state index in [1.807, 2.05) is 0 Å². The Kier molecular flexibility index (Phi) is 5.05. The highest BCUT2D eigenvalue weighted by Gasteiger charge is 2.15. The largest absolute Gasteiger partial charge is 0.385 e. The highest BCUT2D eigenvalue weighted by atomic mass is 16.3. The molecule has 0 heterocycles. The molecule has 0 saturated carbocycles. The van der Waals surface area contributed by atoms with Crippen molar-refractivity contribution in [2.24, 2.45) is 0 Å². The van der Waals surface area contributed by atoms with Crippen LogP contribution in [0.1, 0.15) is 26.2 Å². The topological polar surface area (TPSA) is 37.3 Å². The Hall–Kier alpha value is -1.11. The van der Waals surface area contributed by atoms with Gasteiger partial charge in [0.05, 0.1) is 5.60 Å². The molecule has 1 N–H and O–H groups in total. The molecule has 0 spiro atoms. The molecule has 0 aliphatic carbocycles. The maximum absolute atomic E-state index is 10.00. The normalized spacial score (nSPS) is 14.0. The summed E-state index contributed by atoms with van der Waals surface area (Å²) >= 11 is 0. The molecule has 0 bridgehead atoms. The summed E-state index contributed by atoms with van der Waals surface area (Å²) in [6, 6.07) is 0. The van der Waals surface area contributed by atoms with Crippen molar-refractivity contribution in [1.29, 1.82) is 0 Å². The van der Waals surface area contributed by atoms with Crippen LogP contribution in [0.25, 0.3) is 0 Å². The molecule has 0 aromatic rings. The fourth-order valence-corrected chi connectivity index (χ4v) is 0.975. The Balaban J connectivity index is 3.81. The summed E-state index contributed by atoms with van der Waals surface area (Å²) in [5, 5.41) is 9.53. The van der Waals surface area contributed by atoms with Gasteiger partial charge in [0.25, 0.3) is 0 Å². The minimum Gasteiger partial charge on any atom is -0.385 e. The molecule has 2 heteroatoms. The molecule has 0 rings (SSSR count). The highest BCUT2D eigenvalue weighted by Crippen LogP contribution is 2.16. The first-order valence-corrected chi connectivity index (χ1v) is 4.26. The molecule has 1 unspecified atom stereocenters. The number of rotatable bonds is 6. The molecule has 13 heavy (non-hydrogen) atoms. The predicted octanol–water partition coefficient (Wildman–Crippen LogP) is 2.04. The summed E-state index contributed by atoms with van der Waals surface area (Å²) in [7, 11) is 0. The average Bonchev–Trinajstić information content (AvgIpc) is 2.03. The van der Waals surface area contributed by atoms with Gasteiger partial charge in [-0.15, -0.1) is 0 Å². The average molecular weight is 180 g/mol. The molecule has 0 aromatic heterocycles. The van der Waals surface area contributed by atoms with Crippen LogP contribution in [-0.2, 0) is 4.79 Å². The van der Waals surface area contributed by atoms with E-state index in [1.165, 1.54) is 0 Å². The van der Waals surface area contributed by atoms with E-state index >= 15 is 0 Å². The number of hydrogen-bond donors (Lipinski definition) is 1. The van der Waals surface area contributed by atoms with Crippen LogP contribution in [0, 0.1) is 0 Å². The predicted molar refractivity (Wildman–Crippen MR) is 54.1 cm³/mol. The van der Waals surface area contributed by atoms with Crippen LogP contribution in [0.15, 0.2) is 30.9 Å². The van der Waals surface area contributed by atoms with Crippen LogP contribution < -0.4 is 0 Å². The Labute approximate surface area is 79.3 Å². The van der Waals surface area contributed by atoms with E-state index in [9.17, 15) is 9.90 Å². The first kappa shape index (κ1) is 11.9. The fourth-order valence-electron chi connectivity index (χ4n) is 0.975. The van der Waals surface area contributed by atoms with E-state index < -0.39 is 5.60 Å². The zero-order chi connectivity index (χ0) is 10.3. The number of carbonyl (C=O) groups excluding carboxylic acids is 1. The molecule has 0 amide bonds. The van der Waals surface area contributed by atoms with Gasteiger partial charge in [-0.1, -0.05) is 24.8 Å². The SMILES string of the molecule is C=CC(=C)CCCC(C)(O)C=C=O. The van der Waals surface area contributed by atoms with Crippen molar-refractivity contribution in [2.45, 2.75) is 31.8 Å². The van der Waals surface area contributed by atoms with Gasteiger partial charge in [0.2, 0.25) is 0 Å². The molecular formula is C11H16O2. The molecule has 0 radical (unpaired) electrons. The number of allylic oxidation sites excluding steroid dienone is 2.